The Morgan fingerprint density at radius 1 is 1.29 bits per heavy atom. The van der Waals surface area contributed by atoms with Crippen molar-refractivity contribution in [1.82, 2.24) is 0 Å². The molecule has 0 radical (unpaired) electrons. The Morgan fingerprint density at radius 3 is 2.59 bits per heavy atom. The van der Waals surface area contributed by atoms with E-state index in [1.807, 2.05) is 0 Å². The summed E-state index contributed by atoms with van der Waals surface area (Å²) in [5.41, 5.74) is 6.24. The molecule has 1 saturated heterocycles. The van der Waals surface area contributed by atoms with Crippen LogP contribution in [0.2, 0.25) is 0 Å². The molecule has 0 aliphatic carbocycles. The molecule has 1 heterocycles. The zero-order valence-electron chi connectivity index (χ0n) is 9.33. The summed E-state index contributed by atoms with van der Waals surface area (Å²) in [7, 11) is 0. The van der Waals surface area contributed by atoms with Gasteiger partial charge in [-0.25, -0.2) is 4.39 Å². The third kappa shape index (κ3) is 2.40. The van der Waals surface area contributed by atoms with Crippen LogP contribution in [-0.4, -0.2) is 18.3 Å². The molecule has 0 unspecified atom stereocenters. The monoisotopic (exact) mass is 243 g/mol. The predicted octanol–water partition coefficient (Wildman–Crippen LogP) is 2.10. The van der Waals surface area contributed by atoms with Gasteiger partial charge in [0, 0.05) is 24.8 Å². The summed E-state index contributed by atoms with van der Waals surface area (Å²) < 4.78 is 31.3. The first kappa shape index (κ1) is 12.3. The summed E-state index contributed by atoms with van der Waals surface area (Å²) in [6.45, 7) is 1.23. The number of halogens is 2. The van der Waals surface area contributed by atoms with Crippen LogP contribution in [0.3, 0.4) is 0 Å². The maximum Gasteiger partial charge on any atom is 0.200 e. The number of hydrogen-bond donors (Lipinski definition) is 2. The molecule has 0 bridgehead atoms. The fourth-order valence-corrected chi connectivity index (χ4v) is 2.15. The first-order chi connectivity index (χ1) is 8.11. The smallest absolute Gasteiger partial charge is 0.200 e. The summed E-state index contributed by atoms with van der Waals surface area (Å²) in [6, 6.07) is 1.84. The lowest BCUT2D eigenvalue weighted by atomic mass is 9.87. The third-order valence-corrected chi connectivity index (χ3v) is 3.23. The molecular formula is C12H15F2NO2. The van der Waals surface area contributed by atoms with Crippen molar-refractivity contribution in [3.8, 4) is 5.75 Å². The maximum atomic E-state index is 13.2. The van der Waals surface area contributed by atoms with Gasteiger partial charge in [0.15, 0.2) is 11.6 Å². The van der Waals surface area contributed by atoms with E-state index < -0.39 is 23.4 Å². The van der Waals surface area contributed by atoms with Crippen LogP contribution in [0.15, 0.2) is 12.1 Å². The summed E-state index contributed by atoms with van der Waals surface area (Å²) >= 11 is 0. The first-order valence-electron chi connectivity index (χ1n) is 5.61. The molecule has 0 spiro atoms. The molecule has 5 heteroatoms. The molecular weight excluding hydrogens is 228 g/mol. The quantitative estimate of drug-likeness (QED) is 0.836. The fraction of sp³-hybridized carbons (Fsp3) is 0.500. The molecule has 3 nitrogen and oxygen atoms in total. The maximum absolute atomic E-state index is 13.2. The molecule has 1 atom stereocenters. The van der Waals surface area contributed by atoms with Crippen molar-refractivity contribution in [3.63, 3.8) is 0 Å². The Hall–Kier alpha value is -1.20. The molecule has 3 N–H and O–H groups in total. The average Bonchev–Trinajstić information content (AvgIpc) is 2.36. The van der Waals surface area contributed by atoms with E-state index in [-0.39, 0.29) is 11.5 Å². The average molecular weight is 243 g/mol. The van der Waals surface area contributed by atoms with E-state index in [2.05, 4.69) is 0 Å². The third-order valence-electron chi connectivity index (χ3n) is 3.23. The normalized spacial score (nSPS) is 19.2. The number of ether oxygens (including phenoxy) is 1. The highest BCUT2D eigenvalue weighted by atomic mass is 19.2. The molecule has 1 aliphatic heterocycles. The second kappa shape index (κ2) is 4.98. The summed E-state index contributed by atoms with van der Waals surface area (Å²) in [5, 5.41) is 9.55. The number of aromatic hydroxyl groups is 1. The van der Waals surface area contributed by atoms with Gasteiger partial charge in [-0.05, 0) is 24.8 Å². The molecule has 0 aromatic heterocycles. The minimum Gasteiger partial charge on any atom is -0.505 e. The van der Waals surface area contributed by atoms with Crippen molar-refractivity contribution in [3.05, 3.63) is 29.3 Å². The molecule has 2 rings (SSSR count). The van der Waals surface area contributed by atoms with Crippen LogP contribution >= 0.6 is 0 Å². The van der Waals surface area contributed by atoms with Gasteiger partial charge in [-0.2, -0.15) is 4.39 Å². The highest BCUT2D eigenvalue weighted by Gasteiger charge is 2.26. The number of rotatable bonds is 2. The number of benzene rings is 1. The van der Waals surface area contributed by atoms with E-state index in [9.17, 15) is 13.9 Å². The van der Waals surface area contributed by atoms with Crippen molar-refractivity contribution < 1.29 is 18.6 Å². The van der Waals surface area contributed by atoms with Gasteiger partial charge in [-0.15, -0.1) is 0 Å². The first-order valence-corrected chi connectivity index (χ1v) is 5.61. The summed E-state index contributed by atoms with van der Waals surface area (Å²) in [5.74, 6) is -2.85. The van der Waals surface area contributed by atoms with Gasteiger partial charge >= 0.3 is 0 Å². The van der Waals surface area contributed by atoms with Crippen molar-refractivity contribution in [2.45, 2.75) is 18.9 Å². The number of nitrogens with two attached hydrogens (primary N) is 1. The van der Waals surface area contributed by atoms with Gasteiger partial charge in [0.25, 0.3) is 0 Å². The molecule has 1 fully saturated rings. The van der Waals surface area contributed by atoms with Gasteiger partial charge in [0.05, 0.1) is 0 Å². The molecule has 1 aromatic rings. The van der Waals surface area contributed by atoms with Gasteiger partial charge in [0.1, 0.15) is 0 Å². The van der Waals surface area contributed by atoms with Gasteiger partial charge < -0.3 is 15.6 Å². The second-order valence-electron chi connectivity index (χ2n) is 4.27. The Balaban J connectivity index is 2.24. The molecule has 1 aliphatic rings. The van der Waals surface area contributed by atoms with Crippen LogP contribution in [0.25, 0.3) is 0 Å². The van der Waals surface area contributed by atoms with Crippen LogP contribution in [0.5, 0.6) is 5.75 Å². The number of phenols is 1. The number of phenolic OH excluding ortho intramolecular Hbond substituents is 1. The minimum atomic E-state index is -1.23. The van der Waals surface area contributed by atoms with E-state index >= 15 is 0 Å². The Bertz CT molecular complexity index is 406. The van der Waals surface area contributed by atoms with Gasteiger partial charge in [-0.1, -0.05) is 6.07 Å². The number of hydrogen-bond acceptors (Lipinski definition) is 3. The standard InChI is InChI=1S/C12H15F2NO2/c13-9-2-1-8(12(16)10(9)14)11(15)7-3-5-17-6-4-7/h1-2,7,11,16H,3-6,15H2/t11-/m1/s1. The van der Waals surface area contributed by atoms with Crippen LogP contribution in [-0.2, 0) is 4.74 Å². The van der Waals surface area contributed by atoms with Gasteiger partial charge in [-0.3, -0.25) is 0 Å². The molecule has 17 heavy (non-hydrogen) atoms. The second-order valence-corrected chi connectivity index (χ2v) is 4.27. The van der Waals surface area contributed by atoms with E-state index in [1.54, 1.807) is 0 Å². The predicted molar refractivity (Wildman–Crippen MR) is 58.5 cm³/mol. The molecule has 0 amide bonds. The zero-order valence-corrected chi connectivity index (χ0v) is 9.33. The highest BCUT2D eigenvalue weighted by molar-refractivity contribution is 5.37. The lowest BCUT2D eigenvalue weighted by Crippen LogP contribution is -2.27. The SMILES string of the molecule is N[C@@H](c1ccc(F)c(F)c1O)C1CCOCC1. The lowest BCUT2D eigenvalue weighted by Gasteiger charge is -2.28. The van der Waals surface area contributed by atoms with Crippen molar-refractivity contribution in [2.75, 3.05) is 13.2 Å². The highest BCUT2D eigenvalue weighted by Crippen LogP contribution is 2.34. The Labute approximate surface area is 98.2 Å². The van der Waals surface area contributed by atoms with Crippen LogP contribution in [0, 0.1) is 17.6 Å². The van der Waals surface area contributed by atoms with E-state index in [0.717, 1.165) is 18.9 Å². The van der Waals surface area contributed by atoms with E-state index in [0.29, 0.717) is 13.2 Å². The van der Waals surface area contributed by atoms with E-state index in [4.69, 9.17) is 10.5 Å². The largest absolute Gasteiger partial charge is 0.505 e. The van der Waals surface area contributed by atoms with E-state index in [1.165, 1.54) is 6.07 Å². The Kier molecular flexibility index (Phi) is 3.59. The minimum absolute atomic E-state index is 0.125. The fourth-order valence-electron chi connectivity index (χ4n) is 2.15. The topological polar surface area (TPSA) is 55.5 Å². The van der Waals surface area contributed by atoms with Gasteiger partial charge in [0.2, 0.25) is 5.82 Å². The van der Waals surface area contributed by atoms with Crippen molar-refractivity contribution in [1.29, 1.82) is 0 Å². The van der Waals surface area contributed by atoms with Crippen molar-refractivity contribution in [2.24, 2.45) is 11.7 Å². The Morgan fingerprint density at radius 2 is 1.94 bits per heavy atom. The molecule has 94 valence electrons. The summed E-state index contributed by atoms with van der Waals surface area (Å²) in [6.07, 6.45) is 1.53. The molecule has 0 saturated carbocycles. The van der Waals surface area contributed by atoms with Crippen LogP contribution < -0.4 is 5.73 Å². The summed E-state index contributed by atoms with van der Waals surface area (Å²) in [4.78, 5) is 0. The lowest BCUT2D eigenvalue weighted by molar-refractivity contribution is 0.0580. The molecule has 1 aromatic carbocycles. The van der Waals surface area contributed by atoms with Crippen LogP contribution in [0.1, 0.15) is 24.4 Å². The van der Waals surface area contributed by atoms with Crippen LogP contribution in [0.4, 0.5) is 8.78 Å². The zero-order chi connectivity index (χ0) is 12.4. The van der Waals surface area contributed by atoms with Crippen molar-refractivity contribution >= 4 is 0 Å².